The molecule has 1 aliphatic rings. The van der Waals surface area contributed by atoms with Gasteiger partial charge in [-0.3, -0.25) is 0 Å². The van der Waals surface area contributed by atoms with Gasteiger partial charge in [0.25, 0.3) is 0 Å². The summed E-state index contributed by atoms with van der Waals surface area (Å²) in [5.41, 5.74) is 0.685. The zero-order valence-corrected chi connectivity index (χ0v) is 11.2. The van der Waals surface area contributed by atoms with Crippen LogP contribution in [-0.4, -0.2) is 36.4 Å². The van der Waals surface area contributed by atoms with E-state index in [4.69, 9.17) is 16.3 Å². The van der Waals surface area contributed by atoms with E-state index in [0.717, 1.165) is 0 Å². The second-order valence-electron chi connectivity index (χ2n) is 4.98. The summed E-state index contributed by atoms with van der Waals surface area (Å²) in [5.74, 6) is -0.941. The summed E-state index contributed by atoms with van der Waals surface area (Å²) in [4.78, 5) is 13.3. The number of carboxylic acids is 1. The van der Waals surface area contributed by atoms with Crippen molar-refractivity contribution in [3.05, 3.63) is 28.8 Å². The monoisotopic (exact) mass is 269 g/mol. The number of rotatable bonds is 2. The van der Waals surface area contributed by atoms with E-state index in [1.54, 1.807) is 18.2 Å². The number of carboxylic acid groups (broad SMARTS) is 1. The van der Waals surface area contributed by atoms with Crippen LogP contribution in [0.4, 0.5) is 5.69 Å². The van der Waals surface area contributed by atoms with Crippen molar-refractivity contribution >= 4 is 23.3 Å². The van der Waals surface area contributed by atoms with Crippen molar-refractivity contribution in [2.75, 3.05) is 24.7 Å². The van der Waals surface area contributed by atoms with E-state index in [-0.39, 0.29) is 11.1 Å². The molecule has 0 saturated carbocycles. The lowest BCUT2D eigenvalue weighted by atomic mass is 9.99. The van der Waals surface area contributed by atoms with Crippen molar-refractivity contribution < 1.29 is 14.6 Å². The fourth-order valence-electron chi connectivity index (χ4n) is 2.21. The number of hydrogen-bond donors (Lipinski definition) is 1. The summed E-state index contributed by atoms with van der Waals surface area (Å²) in [6, 6.07) is 4.85. The molecule has 4 nitrogen and oxygen atoms in total. The number of benzene rings is 1. The zero-order valence-electron chi connectivity index (χ0n) is 10.4. The molecule has 2 rings (SSSR count). The number of hydrogen-bond acceptors (Lipinski definition) is 3. The molecule has 1 saturated heterocycles. The fourth-order valence-corrected chi connectivity index (χ4v) is 2.38. The SMILES string of the molecule is CC1(C)COCCN1c1cc(Cl)ccc1C(=O)O. The summed E-state index contributed by atoms with van der Waals surface area (Å²) >= 11 is 5.98. The van der Waals surface area contributed by atoms with Gasteiger partial charge in [0, 0.05) is 11.6 Å². The molecule has 0 spiro atoms. The predicted octanol–water partition coefficient (Wildman–Crippen LogP) is 2.65. The van der Waals surface area contributed by atoms with E-state index in [0.29, 0.717) is 30.5 Å². The number of nitrogens with zero attached hydrogens (tertiary/aromatic N) is 1. The Bertz CT molecular complexity index is 473. The zero-order chi connectivity index (χ0) is 13.3. The van der Waals surface area contributed by atoms with Crippen LogP contribution >= 0.6 is 11.6 Å². The molecule has 1 heterocycles. The maximum atomic E-state index is 11.3. The molecule has 1 N–H and O–H groups in total. The molecule has 0 bridgehead atoms. The Labute approximate surface area is 111 Å². The molecule has 1 aromatic rings. The van der Waals surface area contributed by atoms with E-state index in [1.165, 1.54) is 0 Å². The third-order valence-corrected chi connectivity index (χ3v) is 3.36. The molecule has 18 heavy (non-hydrogen) atoms. The van der Waals surface area contributed by atoms with E-state index in [1.807, 2.05) is 18.7 Å². The minimum atomic E-state index is -0.941. The minimum Gasteiger partial charge on any atom is -0.478 e. The third-order valence-electron chi connectivity index (χ3n) is 3.13. The third kappa shape index (κ3) is 2.44. The van der Waals surface area contributed by atoms with Crippen molar-refractivity contribution in [1.29, 1.82) is 0 Å². The van der Waals surface area contributed by atoms with E-state index >= 15 is 0 Å². The van der Waals surface area contributed by atoms with Crippen LogP contribution < -0.4 is 4.90 Å². The van der Waals surface area contributed by atoms with Crippen molar-refractivity contribution in [1.82, 2.24) is 0 Å². The lowest BCUT2D eigenvalue weighted by Gasteiger charge is -2.44. The molecule has 0 radical (unpaired) electrons. The average molecular weight is 270 g/mol. The summed E-state index contributed by atoms with van der Waals surface area (Å²) in [6.07, 6.45) is 0. The van der Waals surface area contributed by atoms with E-state index < -0.39 is 5.97 Å². The molecule has 0 unspecified atom stereocenters. The number of halogens is 1. The van der Waals surface area contributed by atoms with Gasteiger partial charge in [-0.25, -0.2) is 4.79 Å². The van der Waals surface area contributed by atoms with E-state index in [9.17, 15) is 9.90 Å². The van der Waals surface area contributed by atoms with Crippen molar-refractivity contribution in [3.63, 3.8) is 0 Å². The Morgan fingerprint density at radius 1 is 1.50 bits per heavy atom. The lowest BCUT2D eigenvalue weighted by molar-refractivity contribution is 0.0629. The van der Waals surface area contributed by atoms with Crippen LogP contribution in [0.2, 0.25) is 5.02 Å². The number of ether oxygens (including phenoxy) is 1. The predicted molar refractivity (Wildman–Crippen MR) is 70.7 cm³/mol. The molecule has 0 atom stereocenters. The molecule has 98 valence electrons. The second-order valence-corrected chi connectivity index (χ2v) is 5.42. The van der Waals surface area contributed by atoms with Gasteiger partial charge in [0.05, 0.1) is 30.0 Å². The van der Waals surface area contributed by atoms with E-state index in [2.05, 4.69) is 0 Å². The maximum absolute atomic E-state index is 11.3. The van der Waals surface area contributed by atoms with Crippen LogP contribution in [0.3, 0.4) is 0 Å². The number of carbonyl (C=O) groups is 1. The van der Waals surface area contributed by atoms with Crippen LogP contribution in [0, 0.1) is 0 Å². The highest BCUT2D eigenvalue weighted by molar-refractivity contribution is 6.31. The smallest absolute Gasteiger partial charge is 0.337 e. The van der Waals surface area contributed by atoms with Crippen LogP contribution in [0.15, 0.2) is 18.2 Å². The summed E-state index contributed by atoms with van der Waals surface area (Å²) in [6.45, 7) is 5.87. The summed E-state index contributed by atoms with van der Waals surface area (Å²) in [7, 11) is 0. The highest BCUT2D eigenvalue weighted by Gasteiger charge is 2.32. The minimum absolute atomic E-state index is 0.243. The normalized spacial score (nSPS) is 18.7. The van der Waals surface area contributed by atoms with Crippen molar-refractivity contribution in [2.24, 2.45) is 0 Å². The molecule has 1 aromatic carbocycles. The molecule has 1 fully saturated rings. The largest absolute Gasteiger partial charge is 0.478 e. The topological polar surface area (TPSA) is 49.8 Å². The Balaban J connectivity index is 2.48. The highest BCUT2D eigenvalue weighted by Crippen LogP contribution is 2.32. The molecule has 0 aromatic heterocycles. The second kappa shape index (κ2) is 4.78. The Morgan fingerprint density at radius 2 is 2.22 bits per heavy atom. The Morgan fingerprint density at radius 3 is 2.83 bits per heavy atom. The van der Waals surface area contributed by atoms with Crippen LogP contribution in [0.25, 0.3) is 0 Å². The van der Waals surface area contributed by atoms with Gasteiger partial charge in [0.15, 0.2) is 0 Å². The number of anilines is 1. The number of morpholine rings is 1. The van der Waals surface area contributed by atoms with Gasteiger partial charge in [-0.15, -0.1) is 0 Å². The molecule has 0 amide bonds. The Hall–Kier alpha value is -1.26. The number of aromatic carboxylic acids is 1. The standard InChI is InChI=1S/C13H16ClNO3/c1-13(2)8-18-6-5-15(13)11-7-9(14)3-4-10(11)12(16)17/h3-4,7H,5-6,8H2,1-2H3,(H,16,17). The van der Waals surface area contributed by atoms with Crippen molar-refractivity contribution in [2.45, 2.75) is 19.4 Å². The fraction of sp³-hybridized carbons (Fsp3) is 0.462. The molecule has 0 aliphatic carbocycles. The quantitative estimate of drug-likeness (QED) is 0.897. The van der Waals surface area contributed by atoms with Crippen LogP contribution in [0.1, 0.15) is 24.2 Å². The average Bonchev–Trinajstić information content (AvgIpc) is 2.27. The van der Waals surface area contributed by atoms with Crippen LogP contribution in [-0.2, 0) is 4.74 Å². The first-order valence-corrected chi connectivity index (χ1v) is 6.18. The first kappa shape index (κ1) is 13.2. The first-order valence-electron chi connectivity index (χ1n) is 5.80. The first-order chi connectivity index (χ1) is 8.42. The van der Waals surface area contributed by atoms with Gasteiger partial charge < -0.3 is 14.7 Å². The summed E-state index contributed by atoms with van der Waals surface area (Å²) in [5, 5.41) is 9.80. The molecular formula is C13H16ClNO3. The molecule has 1 aliphatic heterocycles. The van der Waals surface area contributed by atoms with Gasteiger partial charge in [0.2, 0.25) is 0 Å². The molecular weight excluding hydrogens is 254 g/mol. The van der Waals surface area contributed by atoms with Gasteiger partial charge in [-0.05, 0) is 32.0 Å². The maximum Gasteiger partial charge on any atom is 0.337 e. The van der Waals surface area contributed by atoms with Gasteiger partial charge >= 0.3 is 5.97 Å². The van der Waals surface area contributed by atoms with Gasteiger partial charge in [-0.2, -0.15) is 0 Å². The molecule has 5 heteroatoms. The van der Waals surface area contributed by atoms with Gasteiger partial charge in [-0.1, -0.05) is 11.6 Å². The summed E-state index contributed by atoms with van der Waals surface area (Å²) < 4.78 is 5.44. The van der Waals surface area contributed by atoms with Crippen LogP contribution in [0.5, 0.6) is 0 Å². The highest BCUT2D eigenvalue weighted by atomic mass is 35.5. The van der Waals surface area contributed by atoms with Gasteiger partial charge in [0.1, 0.15) is 0 Å². The lowest BCUT2D eigenvalue weighted by Crippen LogP contribution is -2.53. The van der Waals surface area contributed by atoms with Crippen molar-refractivity contribution in [3.8, 4) is 0 Å². The Kier molecular flexibility index (Phi) is 3.50.